The van der Waals surface area contributed by atoms with Gasteiger partial charge < -0.3 is 15.2 Å². The molecule has 3 heterocycles. The van der Waals surface area contributed by atoms with Crippen LogP contribution in [0.1, 0.15) is 17.1 Å². The van der Waals surface area contributed by atoms with Gasteiger partial charge in [-0.1, -0.05) is 16.8 Å². The quantitative estimate of drug-likeness (QED) is 0.664. The second kappa shape index (κ2) is 6.02. The summed E-state index contributed by atoms with van der Waals surface area (Å²) in [6, 6.07) is 3.69. The molecule has 0 fully saturated rings. The predicted octanol–water partition coefficient (Wildman–Crippen LogP) is 2.81. The minimum atomic E-state index is 0.404. The van der Waals surface area contributed by atoms with Crippen molar-refractivity contribution < 1.29 is 4.52 Å². The molecular weight excluding hydrogens is 306 g/mol. The number of halogens is 1. The van der Waals surface area contributed by atoms with E-state index < -0.39 is 0 Å². The molecule has 3 rings (SSSR count). The number of aromatic nitrogens is 5. The lowest BCUT2D eigenvalue weighted by molar-refractivity contribution is 0.384. The zero-order chi connectivity index (χ0) is 15.5. The van der Waals surface area contributed by atoms with Crippen LogP contribution in [0.4, 0.5) is 17.6 Å². The number of hydrogen-bond donors (Lipinski definition) is 3. The Morgan fingerprint density at radius 1 is 1.32 bits per heavy atom. The molecule has 8 nitrogen and oxygen atoms in total. The van der Waals surface area contributed by atoms with Gasteiger partial charge >= 0.3 is 0 Å². The van der Waals surface area contributed by atoms with Gasteiger partial charge in [-0.25, -0.2) is 4.98 Å². The van der Waals surface area contributed by atoms with Gasteiger partial charge in [0.15, 0.2) is 17.4 Å². The third-order valence-electron chi connectivity index (χ3n) is 2.79. The number of aromatic amines is 1. The van der Waals surface area contributed by atoms with Gasteiger partial charge in [-0.2, -0.15) is 10.1 Å². The fourth-order valence-corrected chi connectivity index (χ4v) is 1.95. The van der Waals surface area contributed by atoms with Crippen LogP contribution < -0.4 is 10.6 Å². The lowest BCUT2D eigenvalue weighted by Crippen LogP contribution is -2.05. The summed E-state index contributed by atoms with van der Waals surface area (Å²) in [7, 11) is 0. The predicted molar refractivity (Wildman–Crippen MR) is 82.2 cm³/mol. The lowest BCUT2D eigenvalue weighted by Gasteiger charge is -2.07. The van der Waals surface area contributed by atoms with Gasteiger partial charge in [0.05, 0.1) is 18.4 Å². The van der Waals surface area contributed by atoms with Gasteiger partial charge in [-0.15, -0.1) is 0 Å². The maximum atomic E-state index is 6.09. The highest BCUT2D eigenvalue weighted by Crippen LogP contribution is 2.23. The highest BCUT2D eigenvalue weighted by atomic mass is 35.5. The lowest BCUT2D eigenvalue weighted by atomic mass is 10.4. The Morgan fingerprint density at radius 3 is 2.86 bits per heavy atom. The summed E-state index contributed by atoms with van der Waals surface area (Å²) in [6.45, 7) is 4.20. The Kier molecular flexibility index (Phi) is 3.92. The average molecular weight is 320 g/mol. The Bertz CT molecular complexity index is 782. The molecule has 0 radical (unpaired) electrons. The Hall–Kier alpha value is -2.61. The smallest absolute Gasteiger partial charge is 0.225 e. The largest absolute Gasteiger partial charge is 0.359 e. The minimum Gasteiger partial charge on any atom is -0.359 e. The topological polar surface area (TPSA) is 105 Å². The van der Waals surface area contributed by atoms with Crippen molar-refractivity contribution in [3.8, 4) is 0 Å². The molecule has 3 aromatic heterocycles. The van der Waals surface area contributed by atoms with Gasteiger partial charge in [-0.3, -0.25) is 5.10 Å². The molecule has 0 aliphatic rings. The summed E-state index contributed by atoms with van der Waals surface area (Å²) in [5.74, 6) is 2.23. The number of H-pyrrole nitrogens is 1. The van der Waals surface area contributed by atoms with E-state index in [0.29, 0.717) is 34.9 Å². The molecule has 0 aliphatic heterocycles. The number of rotatable bonds is 5. The van der Waals surface area contributed by atoms with Crippen LogP contribution in [-0.2, 0) is 6.54 Å². The number of nitrogens with zero attached hydrogens (tertiary/aromatic N) is 4. The molecule has 9 heteroatoms. The molecule has 0 bridgehead atoms. The number of nitrogens with one attached hydrogen (secondary N) is 3. The van der Waals surface area contributed by atoms with Gasteiger partial charge in [0, 0.05) is 17.8 Å². The second-order valence-electron chi connectivity index (χ2n) is 4.74. The van der Waals surface area contributed by atoms with Gasteiger partial charge in [0.2, 0.25) is 5.95 Å². The summed E-state index contributed by atoms with van der Waals surface area (Å²) in [5, 5.41) is 17.2. The van der Waals surface area contributed by atoms with Crippen molar-refractivity contribution in [2.45, 2.75) is 20.4 Å². The van der Waals surface area contributed by atoms with Crippen LogP contribution in [0.3, 0.4) is 0 Å². The van der Waals surface area contributed by atoms with Crippen molar-refractivity contribution in [2.75, 3.05) is 10.6 Å². The van der Waals surface area contributed by atoms with E-state index in [1.807, 2.05) is 26.0 Å². The maximum absolute atomic E-state index is 6.09. The normalized spacial score (nSPS) is 10.7. The number of hydrogen-bond acceptors (Lipinski definition) is 7. The summed E-state index contributed by atoms with van der Waals surface area (Å²) in [5.41, 5.74) is 1.76. The van der Waals surface area contributed by atoms with Crippen LogP contribution in [-0.4, -0.2) is 25.3 Å². The SMILES string of the molecule is Cc1cc(CNc2ncc(Cl)c(Nc3cc(C)[nH]n3)n2)on1. The summed E-state index contributed by atoms with van der Waals surface area (Å²) >= 11 is 6.09. The third-order valence-corrected chi connectivity index (χ3v) is 3.07. The first-order valence-corrected chi connectivity index (χ1v) is 6.95. The molecule has 3 N–H and O–H groups in total. The van der Waals surface area contributed by atoms with Crippen LogP contribution in [0, 0.1) is 13.8 Å². The monoisotopic (exact) mass is 319 g/mol. The van der Waals surface area contributed by atoms with E-state index in [4.69, 9.17) is 16.1 Å². The van der Waals surface area contributed by atoms with E-state index in [1.165, 1.54) is 6.20 Å². The molecular formula is C13H14ClN7O. The molecule has 0 spiro atoms. The van der Waals surface area contributed by atoms with Crippen LogP contribution in [0.15, 0.2) is 22.9 Å². The minimum absolute atomic E-state index is 0.404. The first-order valence-electron chi connectivity index (χ1n) is 6.58. The fourth-order valence-electron chi connectivity index (χ4n) is 1.81. The van der Waals surface area contributed by atoms with E-state index >= 15 is 0 Å². The maximum Gasteiger partial charge on any atom is 0.225 e. The highest BCUT2D eigenvalue weighted by Gasteiger charge is 2.08. The van der Waals surface area contributed by atoms with Crippen LogP contribution in [0.5, 0.6) is 0 Å². The second-order valence-corrected chi connectivity index (χ2v) is 5.15. The summed E-state index contributed by atoms with van der Waals surface area (Å²) in [6.07, 6.45) is 1.52. The Labute approximate surface area is 131 Å². The standard InChI is InChI=1S/C13H14ClN7O/c1-7-4-11(20-19-7)17-12-10(14)6-16-13(18-12)15-5-9-3-8(2)21-22-9/h3-4,6H,5H2,1-2H3,(H3,15,16,17,18,19,20). The summed E-state index contributed by atoms with van der Waals surface area (Å²) in [4.78, 5) is 8.44. The van der Waals surface area contributed by atoms with Gasteiger partial charge in [0.25, 0.3) is 0 Å². The molecule has 0 aliphatic carbocycles. The number of anilines is 3. The molecule has 0 unspecified atom stereocenters. The zero-order valence-electron chi connectivity index (χ0n) is 12.0. The summed E-state index contributed by atoms with van der Waals surface area (Å²) < 4.78 is 5.11. The van der Waals surface area contributed by atoms with Crippen LogP contribution >= 0.6 is 11.6 Å². The van der Waals surface area contributed by atoms with E-state index in [-0.39, 0.29) is 0 Å². The Balaban J connectivity index is 1.71. The van der Waals surface area contributed by atoms with E-state index in [1.54, 1.807) is 0 Å². The molecule has 0 amide bonds. The van der Waals surface area contributed by atoms with E-state index in [9.17, 15) is 0 Å². The van der Waals surface area contributed by atoms with Crippen molar-refractivity contribution in [1.82, 2.24) is 25.3 Å². The molecule has 0 saturated heterocycles. The zero-order valence-corrected chi connectivity index (χ0v) is 12.8. The van der Waals surface area contributed by atoms with Crippen LogP contribution in [0.2, 0.25) is 5.02 Å². The molecule has 114 valence electrons. The van der Waals surface area contributed by atoms with Gasteiger partial charge in [-0.05, 0) is 13.8 Å². The van der Waals surface area contributed by atoms with Gasteiger partial charge in [0.1, 0.15) is 5.02 Å². The molecule has 0 aromatic carbocycles. The fraction of sp³-hybridized carbons (Fsp3) is 0.231. The van der Waals surface area contributed by atoms with Crippen LogP contribution in [0.25, 0.3) is 0 Å². The van der Waals surface area contributed by atoms with Crippen molar-refractivity contribution >= 4 is 29.2 Å². The van der Waals surface area contributed by atoms with Crippen molar-refractivity contribution in [3.63, 3.8) is 0 Å². The highest BCUT2D eigenvalue weighted by molar-refractivity contribution is 6.32. The van der Waals surface area contributed by atoms with Crippen molar-refractivity contribution in [1.29, 1.82) is 0 Å². The number of aryl methyl sites for hydroxylation is 2. The molecule has 0 atom stereocenters. The molecule has 0 saturated carbocycles. The van der Waals surface area contributed by atoms with Crippen molar-refractivity contribution in [3.05, 3.63) is 40.5 Å². The molecule has 3 aromatic rings. The Morgan fingerprint density at radius 2 is 2.18 bits per heavy atom. The first kappa shape index (κ1) is 14.3. The molecule has 22 heavy (non-hydrogen) atoms. The van der Waals surface area contributed by atoms with E-state index in [2.05, 4.69) is 36.0 Å². The van der Waals surface area contributed by atoms with Crippen molar-refractivity contribution in [2.24, 2.45) is 0 Å². The van der Waals surface area contributed by atoms with E-state index in [0.717, 1.165) is 11.4 Å². The average Bonchev–Trinajstić information content (AvgIpc) is 3.08. The first-order chi connectivity index (χ1) is 10.6. The third kappa shape index (κ3) is 3.34.